The predicted molar refractivity (Wildman–Crippen MR) is 128 cm³/mol. The number of fused-ring (bicyclic) bond motifs is 1. The highest BCUT2D eigenvalue weighted by atomic mass is 32.1. The Morgan fingerprint density at radius 2 is 1.82 bits per heavy atom. The molecule has 0 saturated carbocycles. The summed E-state index contributed by atoms with van der Waals surface area (Å²) in [5, 5.41) is 5.23. The maximum absolute atomic E-state index is 12.9. The van der Waals surface area contributed by atoms with E-state index in [9.17, 15) is 9.59 Å². The second-order valence-electron chi connectivity index (χ2n) is 7.93. The van der Waals surface area contributed by atoms with Crippen LogP contribution in [-0.4, -0.2) is 58.7 Å². The summed E-state index contributed by atoms with van der Waals surface area (Å²) in [6.45, 7) is 4.32. The summed E-state index contributed by atoms with van der Waals surface area (Å²) >= 11 is 1.40. The van der Waals surface area contributed by atoms with Gasteiger partial charge in [0, 0.05) is 43.4 Å². The highest BCUT2D eigenvalue weighted by molar-refractivity contribution is 7.19. The predicted octanol–water partition coefficient (Wildman–Crippen LogP) is 3.10. The van der Waals surface area contributed by atoms with Gasteiger partial charge in [-0.05, 0) is 31.2 Å². The maximum Gasteiger partial charge on any atom is 0.277 e. The Labute approximate surface area is 194 Å². The molecule has 5 rings (SSSR count). The zero-order chi connectivity index (χ0) is 22.9. The molecule has 8 nitrogen and oxygen atoms in total. The number of piperazine rings is 1. The van der Waals surface area contributed by atoms with Crippen molar-refractivity contribution in [2.24, 2.45) is 0 Å². The van der Waals surface area contributed by atoms with E-state index in [-0.39, 0.29) is 11.5 Å². The van der Waals surface area contributed by atoms with Crippen LogP contribution < -0.4 is 15.2 Å². The first-order valence-electron chi connectivity index (χ1n) is 10.7. The molecule has 168 valence electrons. The molecule has 4 aromatic rings. The van der Waals surface area contributed by atoms with Crippen LogP contribution in [-0.2, 0) is 0 Å². The molecular formula is C24H23N5O3S. The van der Waals surface area contributed by atoms with Gasteiger partial charge in [0.15, 0.2) is 0 Å². The molecule has 33 heavy (non-hydrogen) atoms. The van der Waals surface area contributed by atoms with Gasteiger partial charge in [0.05, 0.1) is 7.11 Å². The molecule has 1 amide bonds. The van der Waals surface area contributed by atoms with Gasteiger partial charge in [0.1, 0.15) is 16.6 Å². The van der Waals surface area contributed by atoms with Crippen molar-refractivity contribution >= 4 is 28.0 Å². The molecule has 0 bridgehead atoms. The molecular weight excluding hydrogens is 438 g/mol. The normalized spacial score (nSPS) is 14.0. The molecule has 1 aliphatic heterocycles. The fourth-order valence-electron chi connectivity index (χ4n) is 3.93. The zero-order valence-corrected chi connectivity index (χ0v) is 19.2. The third-order valence-corrected chi connectivity index (χ3v) is 6.66. The van der Waals surface area contributed by atoms with Crippen LogP contribution in [0.15, 0.2) is 59.4 Å². The molecule has 9 heteroatoms. The van der Waals surface area contributed by atoms with Crippen LogP contribution in [0.5, 0.6) is 5.75 Å². The quantitative estimate of drug-likeness (QED) is 0.465. The summed E-state index contributed by atoms with van der Waals surface area (Å²) in [6, 6.07) is 16.7. The Kier molecular flexibility index (Phi) is 5.55. The van der Waals surface area contributed by atoms with Crippen LogP contribution >= 0.6 is 11.3 Å². The average molecular weight is 462 g/mol. The summed E-state index contributed by atoms with van der Waals surface area (Å²) in [4.78, 5) is 34.7. The number of hydrogen-bond donors (Lipinski definition) is 0. The number of aromatic nitrogens is 3. The number of hydrogen-bond acceptors (Lipinski definition) is 7. The van der Waals surface area contributed by atoms with Gasteiger partial charge in [0.2, 0.25) is 4.96 Å². The van der Waals surface area contributed by atoms with Gasteiger partial charge < -0.3 is 14.5 Å². The van der Waals surface area contributed by atoms with E-state index in [0.717, 1.165) is 16.1 Å². The Bertz CT molecular complexity index is 1390. The van der Waals surface area contributed by atoms with Crippen molar-refractivity contribution < 1.29 is 9.53 Å². The van der Waals surface area contributed by atoms with E-state index in [0.29, 0.717) is 48.3 Å². The van der Waals surface area contributed by atoms with E-state index in [1.165, 1.54) is 21.9 Å². The molecule has 0 spiro atoms. The number of rotatable bonds is 4. The summed E-state index contributed by atoms with van der Waals surface area (Å²) in [5.41, 5.74) is 2.50. The van der Waals surface area contributed by atoms with Gasteiger partial charge >= 0.3 is 0 Å². The van der Waals surface area contributed by atoms with Crippen molar-refractivity contribution in [1.82, 2.24) is 19.5 Å². The van der Waals surface area contributed by atoms with Crippen LogP contribution in [0.3, 0.4) is 0 Å². The molecule has 2 aromatic carbocycles. The molecule has 0 radical (unpaired) electrons. The first-order valence-corrected chi connectivity index (χ1v) is 11.5. The van der Waals surface area contributed by atoms with Gasteiger partial charge in [-0.3, -0.25) is 9.59 Å². The summed E-state index contributed by atoms with van der Waals surface area (Å²) in [5.74, 6) is 1.25. The van der Waals surface area contributed by atoms with E-state index < -0.39 is 0 Å². The van der Waals surface area contributed by atoms with Crippen molar-refractivity contribution in [3.8, 4) is 16.3 Å². The first-order chi connectivity index (χ1) is 16.0. The minimum atomic E-state index is -0.208. The number of benzene rings is 2. The number of aryl methyl sites for hydroxylation is 1. The number of carbonyl (C=O) groups excluding carboxylic acids is 1. The lowest BCUT2D eigenvalue weighted by Crippen LogP contribution is -2.49. The van der Waals surface area contributed by atoms with Crippen LogP contribution in [0, 0.1) is 6.92 Å². The van der Waals surface area contributed by atoms with Gasteiger partial charge in [-0.1, -0.05) is 41.2 Å². The molecule has 3 heterocycles. The maximum atomic E-state index is 12.9. The third kappa shape index (κ3) is 4.19. The molecule has 0 aliphatic carbocycles. The first kappa shape index (κ1) is 21.1. The van der Waals surface area contributed by atoms with Crippen molar-refractivity contribution in [3.63, 3.8) is 0 Å². The zero-order valence-electron chi connectivity index (χ0n) is 18.4. The second kappa shape index (κ2) is 8.67. The fraction of sp³-hybridized carbons (Fsp3) is 0.250. The minimum Gasteiger partial charge on any atom is -0.497 e. The third-order valence-electron chi connectivity index (χ3n) is 5.70. The largest absolute Gasteiger partial charge is 0.497 e. The lowest BCUT2D eigenvalue weighted by Gasteiger charge is -2.35. The smallest absolute Gasteiger partial charge is 0.277 e. The number of nitrogens with zero attached hydrogens (tertiary/aromatic N) is 5. The highest BCUT2D eigenvalue weighted by Crippen LogP contribution is 2.26. The lowest BCUT2D eigenvalue weighted by molar-refractivity contribution is 0.0746. The molecule has 1 aliphatic rings. The number of anilines is 1. The Morgan fingerprint density at radius 1 is 1.03 bits per heavy atom. The average Bonchev–Trinajstić information content (AvgIpc) is 3.29. The summed E-state index contributed by atoms with van der Waals surface area (Å²) in [6.07, 6.45) is 0. The number of carbonyl (C=O) groups is 1. The Morgan fingerprint density at radius 3 is 2.58 bits per heavy atom. The van der Waals surface area contributed by atoms with Crippen molar-refractivity contribution in [2.75, 3.05) is 38.2 Å². The second-order valence-corrected chi connectivity index (χ2v) is 8.89. The Balaban J connectivity index is 1.34. The molecule has 2 aromatic heterocycles. The molecule has 1 fully saturated rings. The lowest BCUT2D eigenvalue weighted by atomic mass is 10.1. The standard InChI is InChI=1S/C24H23N5O3S/c1-16-5-3-6-17(13-16)22-26-29-21(30)15-20(25-24(29)33-22)27-9-11-28(12-10-27)23(31)18-7-4-8-19(14-18)32-2/h3-8,13-15H,9-12H2,1-2H3. The minimum absolute atomic E-state index is 0.0257. The van der Waals surface area contributed by atoms with Crippen LogP contribution in [0.1, 0.15) is 15.9 Å². The van der Waals surface area contributed by atoms with Crippen molar-refractivity contribution in [2.45, 2.75) is 6.92 Å². The molecule has 0 unspecified atom stereocenters. The van der Waals surface area contributed by atoms with Crippen LogP contribution in [0.2, 0.25) is 0 Å². The summed E-state index contributed by atoms with van der Waals surface area (Å²) in [7, 11) is 1.59. The SMILES string of the molecule is COc1cccc(C(=O)N2CCN(c3cc(=O)n4nc(-c5cccc(C)c5)sc4n3)CC2)c1. The number of amides is 1. The van der Waals surface area contributed by atoms with Crippen LogP contribution in [0.4, 0.5) is 5.82 Å². The fourth-order valence-corrected chi connectivity index (χ4v) is 4.83. The monoisotopic (exact) mass is 461 g/mol. The van der Waals surface area contributed by atoms with Crippen molar-refractivity contribution in [3.05, 3.63) is 76.1 Å². The molecule has 1 saturated heterocycles. The van der Waals surface area contributed by atoms with Crippen LogP contribution in [0.25, 0.3) is 15.5 Å². The number of methoxy groups -OCH3 is 1. The van der Waals surface area contributed by atoms with E-state index in [1.54, 1.807) is 19.2 Å². The Hall–Kier alpha value is -3.72. The van der Waals surface area contributed by atoms with Gasteiger partial charge in [-0.2, -0.15) is 9.61 Å². The van der Waals surface area contributed by atoms with E-state index in [2.05, 4.69) is 5.10 Å². The van der Waals surface area contributed by atoms with Crippen molar-refractivity contribution in [1.29, 1.82) is 0 Å². The highest BCUT2D eigenvalue weighted by Gasteiger charge is 2.24. The van der Waals surface area contributed by atoms with Gasteiger partial charge in [-0.25, -0.2) is 4.98 Å². The van der Waals surface area contributed by atoms with Gasteiger partial charge in [-0.15, -0.1) is 0 Å². The van der Waals surface area contributed by atoms with E-state index in [1.807, 2.05) is 53.1 Å². The van der Waals surface area contributed by atoms with E-state index >= 15 is 0 Å². The van der Waals surface area contributed by atoms with Gasteiger partial charge in [0.25, 0.3) is 11.5 Å². The molecule has 0 atom stereocenters. The topological polar surface area (TPSA) is 80.0 Å². The number of ether oxygens (including phenoxy) is 1. The van der Waals surface area contributed by atoms with E-state index in [4.69, 9.17) is 9.72 Å². The molecule has 0 N–H and O–H groups in total. The summed E-state index contributed by atoms with van der Waals surface area (Å²) < 4.78 is 6.58.